The van der Waals surface area contributed by atoms with Gasteiger partial charge in [-0.15, -0.1) is 12.4 Å². The van der Waals surface area contributed by atoms with Crippen LogP contribution in [0.15, 0.2) is 0 Å². The van der Waals surface area contributed by atoms with Gasteiger partial charge in [-0.2, -0.15) is 0 Å². The lowest BCUT2D eigenvalue weighted by Crippen LogP contribution is -2.43. The van der Waals surface area contributed by atoms with Crippen LogP contribution in [0.3, 0.4) is 0 Å². The second kappa shape index (κ2) is 9.62. The van der Waals surface area contributed by atoms with Crippen molar-refractivity contribution < 1.29 is 4.79 Å². The van der Waals surface area contributed by atoms with Crippen LogP contribution < -0.4 is 5.32 Å². The Morgan fingerprint density at radius 2 is 1.65 bits per heavy atom. The molecule has 0 aromatic rings. The van der Waals surface area contributed by atoms with Gasteiger partial charge in [0.05, 0.1) is 0 Å². The van der Waals surface area contributed by atoms with Gasteiger partial charge in [0.25, 0.3) is 0 Å². The van der Waals surface area contributed by atoms with Crippen molar-refractivity contribution in [3.8, 4) is 0 Å². The Morgan fingerprint density at radius 3 is 2.20 bits per heavy atom. The number of rotatable bonds is 4. The van der Waals surface area contributed by atoms with Gasteiger partial charge >= 0.3 is 0 Å². The highest BCUT2D eigenvalue weighted by atomic mass is 35.5. The number of hydrogen-bond acceptors (Lipinski definition) is 2. The summed E-state index contributed by atoms with van der Waals surface area (Å²) in [7, 11) is 0. The van der Waals surface area contributed by atoms with E-state index < -0.39 is 0 Å². The minimum absolute atomic E-state index is 0. The summed E-state index contributed by atoms with van der Waals surface area (Å²) in [4.78, 5) is 14.7. The Balaban J connectivity index is 0.00000200. The second-order valence-corrected chi connectivity index (χ2v) is 6.26. The van der Waals surface area contributed by atoms with Gasteiger partial charge in [0.2, 0.25) is 5.91 Å². The molecule has 118 valence electrons. The summed E-state index contributed by atoms with van der Waals surface area (Å²) in [5.41, 5.74) is 0. The molecule has 1 saturated heterocycles. The molecule has 0 radical (unpaired) electrons. The number of carbonyl (C=O) groups is 1. The fourth-order valence-corrected chi connectivity index (χ4v) is 3.49. The van der Waals surface area contributed by atoms with Crippen LogP contribution >= 0.6 is 12.4 Å². The molecular formula is C16H31ClN2O. The fraction of sp³-hybridized carbons (Fsp3) is 0.938. The van der Waals surface area contributed by atoms with Crippen LogP contribution in [-0.2, 0) is 4.79 Å². The van der Waals surface area contributed by atoms with Gasteiger partial charge < -0.3 is 10.2 Å². The van der Waals surface area contributed by atoms with E-state index in [0.717, 1.165) is 44.9 Å². The predicted molar refractivity (Wildman–Crippen MR) is 86.3 cm³/mol. The predicted octanol–water partition coefficient (Wildman–Crippen LogP) is 3.23. The number of nitrogens with zero attached hydrogens (tertiary/aromatic N) is 1. The summed E-state index contributed by atoms with van der Waals surface area (Å²) in [5.74, 6) is 1.58. The molecule has 2 aliphatic rings. The molecule has 0 aromatic carbocycles. The van der Waals surface area contributed by atoms with E-state index in [0.29, 0.717) is 11.8 Å². The molecule has 4 heteroatoms. The molecular weight excluding hydrogens is 272 g/mol. The molecule has 1 N–H and O–H groups in total. The molecule has 1 aliphatic carbocycles. The first-order valence-corrected chi connectivity index (χ1v) is 8.30. The lowest BCUT2D eigenvalue weighted by Gasteiger charge is -2.34. The normalized spacial score (nSPS) is 22.1. The molecule has 0 aromatic heterocycles. The van der Waals surface area contributed by atoms with Crippen molar-refractivity contribution in [2.45, 2.75) is 58.3 Å². The lowest BCUT2D eigenvalue weighted by molar-refractivity contribution is -0.137. The van der Waals surface area contributed by atoms with Gasteiger partial charge in [0.1, 0.15) is 0 Å². The topological polar surface area (TPSA) is 32.3 Å². The van der Waals surface area contributed by atoms with Crippen molar-refractivity contribution in [1.29, 1.82) is 0 Å². The molecule has 0 spiro atoms. The van der Waals surface area contributed by atoms with Gasteiger partial charge in [-0.1, -0.05) is 32.6 Å². The summed E-state index contributed by atoms with van der Waals surface area (Å²) in [6.45, 7) is 6.32. The summed E-state index contributed by atoms with van der Waals surface area (Å²) in [6, 6.07) is 0. The molecule has 1 aliphatic heterocycles. The monoisotopic (exact) mass is 302 g/mol. The van der Waals surface area contributed by atoms with Crippen LogP contribution in [0.5, 0.6) is 0 Å². The average molecular weight is 303 g/mol. The highest BCUT2D eigenvalue weighted by Gasteiger charge is 2.28. The number of carbonyl (C=O) groups excluding carboxylic acids is 1. The van der Waals surface area contributed by atoms with Gasteiger partial charge in [0.15, 0.2) is 0 Å². The van der Waals surface area contributed by atoms with Gasteiger partial charge in [-0.25, -0.2) is 0 Å². The van der Waals surface area contributed by atoms with E-state index >= 15 is 0 Å². The van der Waals surface area contributed by atoms with Crippen LogP contribution in [0.1, 0.15) is 58.3 Å². The van der Waals surface area contributed by atoms with Crippen molar-refractivity contribution >= 4 is 18.3 Å². The van der Waals surface area contributed by atoms with Crippen LogP contribution in [0, 0.1) is 11.8 Å². The first-order valence-electron chi connectivity index (χ1n) is 8.30. The third-order valence-corrected chi connectivity index (χ3v) is 4.81. The van der Waals surface area contributed by atoms with Gasteiger partial charge in [-0.05, 0) is 44.7 Å². The Labute approximate surface area is 130 Å². The maximum Gasteiger partial charge on any atom is 0.225 e. The zero-order valence-electron chi connectivity index (χ0n) is 12.9. The van der Waals surface area contributed by atoms with Crippen LogP contribution in [0.4, 0.5) is 0 Å². The van der Waals surface area contributed by atoms with Crippen molar-refractivity contribution in [2.75, 3.05) is 26.2 Å². The van der Waals surface area contributed by atoms with Crippen molar-refractivity contribution in [3.05, 3.63) is 0 Å². The SMILES string of the molecule is CCNCC1CCN(C(=O)C2CCCCCC2)CC1.Cl. The van der Waals surface area contributed by atoms with Crippen molar-refractivity contribution in [3.63, 3.8) is 0 Å². The number of hydrogen-bond donors (Lipinski definition) is 1. The molecule has 1 amide bonds. The van der Waals surface area contributed by atoms with Crippen LogP contribution in [0.25, 0.3) is 0 Å². The highest BCUT2D eigenvalue weighted by Crippen LogP contribution is 2.26. The Morgan fingerprint density at radius 1 is 1.05 bits per heavy atom. The van der Waals surface area contributed by atoms with Gasteiger partial charge in [-0.3, -0.25) is 4.79 Å². The Kier molecular flexibility index (Phi) is 8.55. The molecule has 0 bridgehead atoms. The number of amides is 1. The van der Waals surface area contributed by atoms with E-state index in [1.807, 2.05) is 0 Å². The summed E-state index contributed by atoms with van der Waals surface area (Å²) in [5, 5.41) is 3.43. The third kappa shape index (κ3) is 5.25. The number of halogens is 1. The number of nitrogens with one attached hydrogen (secondary N) is 1. The Bertz CT molecular complexity index is 270. The zero-order chi connectivity index (χ0) is 13.5. The van der Waals surface area contributed by atoms with E-state index in [1.54, 1.807) is 0 Å². The second-order valence-electron chi connectivity index (χ2n) is 6.26. The first kappa shape index (κ1) is 17.8. The molecule has 2 fully saturated rings. The third-order valence-electron chi connectivity index (χ3n) is 4.81. The lowest BCUT2D eigenvalue weighted by atomic mass is 9.93. The highest BCUT2D eigenvalue weighted by molar-refractivity contribution is 5.85. The van der Waals surface area contributed by atoms with Gasteiger partial charge in [0, 0.05) is 19.0 Å². The maximum atomic E-state index is 12.5. The quantitative estimate of drug-likeness (QED) is 0.809. The number of piperidine rings is 1. The van der Waals surface area contributed by atoms with Crippen molar-refractivity contribution in [1.82, 2.24) is 10.2 Å². The Hall–Kier alpha value is -0.280. The van der Waals surface area contributed by atoms with E-state index in [-0.39, 0.29) is 12.4 Å². The zero-order valence-corrected chi connectivity index (χ0v) is 13.7. The standard InChI is InChI=1S/C16H30N2O.ClH/c1-2-17-13-14-9-11-18(12-10-14)16(19)15-7-5-3-4-6-8-15;/h14-15,17H,2-13H2,1H3;1H. The van der Waals surface area contributed by atoms with Crippen LogP contribution in [-0.4, -0.2) is 37.0 Å². The van der Waals surface area contributed by atoms with E-state index in [1.165, 1.54) is 38.5 Å². The molecule has 2 rings (SSSR count). The summed E-state index contributed by atoms with van der Waals surface area (Å²) >= 11 is 0. The molecule has 1 heterocycles. The molecule has 0 unspecified atom stereocenters. The van der Waals surface area contributed by atoms with Crippen LogP contribution in [0.2, 0.25) is 0 Å². The average Bonchev–Trinajstić information content (AvgIpc) is 2.74. The van der Waals surface area contributed by atoms with Crippen molar-refractivity contribution in [2.24, 2.45) is 11.8 Å². The number of likely N-dealkylation sites (tertiary alicyclic amines) is 1. The van der Waals surface area contributed by atoms with E-state index in [2.05, 4.69) is 17.1 Å². The van der Waals surface area contributed by atoms with E-state index in [4.69, 9.17) is 0 Å². The summed E-state index contributed by atoms with van der Waals surface area (Å²) < 4.78 is 0. The van der Waals surface area contributed by atoms with E-state index in [9.17, 15) is 4.79 Å². The minimum Gasteiger partial charge on any atom is -0.342 e. The summed E-state index contributed by atoms with van der Waals surface area (Å²) in [6.07, 6.45) is 9.81. The minimum atomic E-state index is 0. The molecule has 3 nitrogen and oxygen atoms in total. The fourth-order valence-electron chi connectivity index (χ4n) is 3.49. The largest absolute Gasteiger partial charge is 0.342 e. The molecule has 0 atom stereocenters. The molecule has 1 saturated carbocycles. The molecule has 20 heavy (non-hydrogen) atoms. The first-order chi connectivity index (χ1) is 9.31. The maximum absolute atomic E-state index is 12.5. The smallest absolute Gasteiger partial charge is 0.225 e.